The molecule has 0 radical (unpaired) electrons. The summed E-state index contributed by atoms with van der Waals surface area (Å²) in [4.78, 5) is 59.5. The highest BCUT2D eigenvalue weighted by molar-refractivity contribution is 5.90. The van der Waals surface area contributed by atoms with E-state index in [4.69, 9.17) is 26.2 Å². The highest BCUT2D eigenvalue weighted by Gasteiger charge is 2.09. The molecule has 6 N–H and O–H groups in total. The van der Waals surface area contributed by atoms with Gasteiger partial charge in [0.2, 0.25) is 0 Å². The van der Waals surface area contributed by atoms with Crippen LogP contribution in [0.1, 0.15) is 34.5 Å². The second kappa shape index (κ2) is 24.1. The lowest BCUT2D eigenvalue weighted by atomic mass is 10.1. The molecule has 19 nitrogen and oxygen atoms in total. The lowest BCUT2D eigenvalue weighted by Gasteiger charge is -2.10. The summed E-state index contributed by atoms with van der Waals surface area (Å²) < 4.78 is 12.5. The van der Waals surface area contributed by atoms with Crippen molar-refractivity contribution in [3.05, 3.63) is 135 Å². The number of rotatable bonds is 17. The first-order chi connectivity index (χ1) is 28.9. The van der Waals surface area contributed by atoms with Gasteiger partial charge in [0.25, 0.3) is 22.9 Å². The van der Waals surface area contributed by atoms with Crippen LogP contribution in [0.2, 0.25) is 0 Å². The van der Waals surface area contributed by atoms with Gasteiger partial charge >= 0.3 is 0 Å². The molecule has 0 aliphatic heterocycles. The molecule has 1 amide bonds. The quantitative estimate of drug-likeness (QED) is 0.0759. The lowest BCUT2D eigenvalue weighted by Crippen LogP contribution is -2.26. The summed E-state index contributed by atoms with van der Waals surface area (Å²) in [5, 5.41) is 18.7. The number of amides is 1. The number of nitrogens with two attached hydrogens (primary N) is 2. The van der Waals surface area contributed by atoms with Gasteiger partial charge in [0, 0.05) is 42.4 Å². The van der Waals surface area contributed by atoms with E-state index in [0.29, 0.717) is 36.4 Å². The van der Waals surface area contributed by atoms with E-state index in [9.17, 15) is 14.4 Å². The van der Waals surface area contributed by atoms with Gasteiger partial charge in [-0.1, -0.05) is 36.4 Å². The number of carbonyl (C=O) groups is 1. The zero-order chi connectivity index (χ0) is 43.3. The fraction of sp³-hybridized carbons (Fsp3) is 0.293. The summed E-state index contributed by atoms with van der Waals surface area (Å²) in [5.74, 6) is 6.69. The average molecular weight is 823 g/mol. The highest BCUT2D eigenvalue weighted by atomic mass is 16.6. The van der Waals surface area contributed by atoms with Gasteiger partial charge in [-0.3, -0.25) is 14.4 Å². The van der Waals surface area contributed by atoms with Crippen molar-refractivity contribution in [2.24, 2.45) is 11.6 Å². The zero-order valence-electron chi connectivity index (χ0n) is 34.0. The predicted molar refractivity (Wildman–Crippen MR) is 224 cm³/mol. The monoisotopic (exact) mass is 822 g/mol. The fourth-order valence-electron chi connectivity index (χ4n) is 5.10. The SMILES string of the molecule is CN(C)CCCOc1cnc(-c2cccc(CO)c2)nc1.CN(C)CCCOc1cnc(-c2cccc(Cn3nc(C(N)=O)ccc3=O)c2)nc1.NOc1ccc(=O)[nH]n1. The second-order valence-corrected chi connectivity index (χ2v) is 13.5. The summed E-state index contributed by atoms with van der Waals surface area (Å²) in [7, 11) is 8.12. The van der Waals surface area contributed by atoms with Gasteiger partial charge in [0.05, 0.1) is 51.2 Å². The molecule has 0 unspecified atom stereocenters. The molecule has 4 heterocycles. The topological polar surface area (TPSA) is 256 Å². The van der Waals surface area contributed by atoms with Crippen LogP contribution < -0.4 is 37.1 Å². The third kappa shape index (κ3) is 15.8. The van der Waals surface area contributed by atoms with Crippen molar-refractivity contribution >= 4 is 5.91 Å². The first-order valence-corrected chi connectivity index (χ1v) is 18.7. The number of ether oxygens (including phenoxy) is 2. The minimum Gasteiger partial charge on any atom is -0.490 e. The number of H-pyrrole nitrogens is 1. The fourth-order valence-corrected chi connectivity index (χ4v) is 5.10. The molecule has 6 rings (SSSR count). The van der Waals surface area contributed by atoms with Gasteiger partial charge < -0.3 is 35.0 Å². The maximum Gasteiger partial charge on any atom is 0.269 e. The van der Waals surface area contributed by atoms with Crippen LogP contribution in [0.25, 0.3) is 22.8 Å². The highest BCUT2D eigenvalue weighted by Crippen LogP contribution is 2.20. The smallest absolute Gasteiger partial charge is 0.269 e. The molecular weight excluding hydrogens is 773 g/mol. The van der Waals surface area contributed by atoms with Gasteiger partial charge in [-0.15, -0.1) is 5.10 Å². The van der Waals surface area contributed by atoms with Crippen LogP contribution in [0, 0.1) is 0 Å². The van der Waals surface area contributed by atoms with Crippen molar-refractivity contribution < 1.29 is 24.2 Å². The summed E-state index contributed by atoms with van der Waals surface area (Å²) in [6, 6.07) is 20.3. The number of carbonyl (C=O) groups excluding carboxylic acids is 1. The van der Waals surface area contributed by atoms with Crippen molar-refractivity contribution in [1.29, 1.82) is 0 Å². The molecule has 0 atom stereocenters. The van der Waals surface area contributed by atoms with E-state index >= 15 is 0 Å². The summed E-state index contributed by atoms with van der Waals surface area (Å²) in [6.45, 7) is 3.41. The molecule has 19 heteroatoms. The summed E-state index contributed by atoms with van der Waals surface area (Å²) in [6.07, 6.45) is 8.54. The molecule has 0 bridgehead atoms. The van der Waals surface area contributed by atoms with E-state index < -0.39 is 5.91 Å². The number of aromatic nitrogens is 8. The number of aliphatic hydroxyl groups excluding tert-OH is 1. The third-order valence-electron chi connectivity index (χ3n) is 8.07. The van der Waals surface area contributed by atoms with Gasteiger partial charge in [-0.05, 0) is 70.4 Å². The zero-order valence-corrected chi connectivity index (χ0v) is 34.0. The number of nitrogens with one attached hydrogen (secondary N) is 1. The standard InChI is InChI=1S/C21H24N6O3.C16H21N3O2.C4H5N3O2/c1-26(2)9-4-10-30-17-12-23-21(24-13-17)16-6-3-5-15(11-16)14-27-19(28)8-7-18(25-27)20(22)29;1-19(2)7-4-8-21-15-10-17-16(18-11-15)14-6-3-5-13(9-14)12-20;5-9-4-2-1-3(8)6-7-4/h3,5-8,11-13H,4,9-10,14H2,1-2H3,(H2,22,29);3,5-6,9-11,20H,4,7-8,12H2,1-2H3;1-2H,5H2,(H,6,8). The normalized spacial score (nSPS) is 10.6. The number of aliphatic hydroxyl groups is 1. The van der Waals surface area contributed by atoms with Crippen molar-refractivity contribution in [3.63, 3.8) is 0 Å². The molecule has 0 saturated heterocycles. The van der Waals surface area contributed by atoms with Crippen LogP contribution in [-0.4, -0.2) is 115 Å². The van der Waals surface area contributed by atoms with E-state index in [1.165, 1.54) is 28.9 Å². The molecule has 0 spiro atoms. The predicted octanol–water partition coefficient (Wildman–Crippen LogP) is 2.17. The average Bonchev–Trinajstić information content (AvgIpc) is 3.26. The summed E-state index contributed by atoms with van der Waals surface area (Å²) in [5.41, 5.74) is 8.03. The molecule has 316 valence electrons. The number of hydrogen-bond acceptors (Lipinski definition) is 16. The van der Waals surface area contributed by atoms with E-state index in [0.717, 1.165) is 48.2 Å². The van der Waals surface area contributed by atoms with Gasteiger partial charge in [-0.25, -0.2) is 29.7 Å². The minimum absolute atomic E-state index is 0.0148. The molecule has 4 aromatic heterocycles. The molecular formula is C41H50N12O7. The molecule has 60 heavy (non-hydrogen) atoms. The minimum atomic E-state index is -0.685. The van der Waals surface area contributed by atoms with E-state index in [-0.39, 0.29) is 35.8 Å². The number of benzene rings is 2. The molecule has 0 aliphatic carbocycles. The Morgan fingerprint density at radius 1 is 0.750 bits per heavy atom. The molecule has 2 aromatic carbocycles. The largest absolute Gasteiger partial charge is 0.490 e. The molecule has 0 fully saturated rings. The molecule has 6 aromatic rings. The van der Waals surface area contributed by atoms with Crippen molar-refractivity contribution in [3.8, 4) is 40.2 Å². The number of primary amides is 1. The Hall–Kier alpha value is -6.93. The summed E-state index contributed by atoms with van der Waals surface area (Å²) >= 11 is 0. The van der Waals surface area contributed by atoms with Crippen molar-refractivity contribution in [2.75, 3.05) is 54.5 Å². The van der Waals surface area contributed by atoms with Gasteiger partial charge in [0.15, 0.2) is 23.1 Å². The Bertz CT molecular complexity index is 2320. The Kier molecular flexibility index (Phi) is 18.4. The van der Waals surface area contributed by atoms with Crippen molar-refractivity contribution in [2.45, 2.75) is 26.0 Å². The molecule has 0 saturated carbocycles. The Morgan fingerprint density at radius 3 is 1.75 bits per heavy atom. The number of aromatic amines is 1. The molecule has 0 aliphatic rings. The van der Waals surface area contributed by atoms with E-state index in [1.54, 1.807) is 24.8 Å². The van der Waals surface area contributed by atoms with E-state index in [1.807, 2.05) is 76.7 Å². The Labute approximate surface area is 346 Å². The van der Waals surface area contributed by atoms with Crippen LogP contribution >= 0.6 is 0 Å². The van der Waals surface area contributed by atoms with Crippen LogP contribution in [0.3, 0.4) is 0 Å². The Morgan fingerprint density at radius 2 is 1.28 bits per heavy atom. The number of nitrogens with zero attached hydrogens (tertiary/aromatic N) is 9. The maximum absolute atomic E-state index is 12.0. The maximum atomic E-state index is 12.0. The van der Waals surface area contributed by atoms with Crippen LogP contribution in [0.15, 0.2) is 107 Å². The Balaban J connectivity index is 0.000000228. The van der Waals surface area contributed by atoms with Gasteiger partial charge in [-0.2, -0.15) is 11.0 Å². The van der Waals surface area contributed by atoms with E-state index in [2.05, 4.69) is 49.9 Å². The van der Waals surface area contributed by atoms with Crippen molar-refractivity contribution in [1.82, 2.24) is 49.7 Å². The number of hydrogen-bond donors (Lipinski definition) is 4. The third-order valence-corrected chi connectivity index (χ3v) is 8.07. The van der Waals surface area contributed by atoms with Gasteiger partial charge in [0.1, 0.15) is 5.69 Å². The first-order valence-electron chi connectivity index (χ1n) is 18.7. The lowest BCUT2D eigenvalue weighted by molar-refractivity contribution is 0.0993. The van der Waals surface area contributed by atoms with Crippen LogP contribution in [0.4, 0.5) is 0 Å². The first kappa shape index (κ1) is 45.8. The van der Waals surface area contributed by atoms with Crippen LogP contribution in [0.5, 0.6) is 17.4 Å². The van der Waals surface area contributed by atoms with Crippen LogP contribution in [-0.2, 0) is 13.2 Å². The second-order valence-electron chi connectivity index (χ2n) is 13.5.